The highest BCUT2D eigenvalue weighted by Crippen LogP contribution is 2.43. The predicted molar refractivity (Wildman–Crippen MR) is 205 cm³/mol. The van der Waals surface area contributed by atoms with E-state index in [1.165, 1.54) is 42.2 Å². The highest BCUT2D eigenvalue weighted by Gasteiger charge is 2.19. The van der Waals surface area contributed by atoms with E-state index < -0.39 is 0 Å². The lowest BCUT2D eigenvalue weighted by Gasteiger charge is -2.10. The average Bonchev–Trinajstić information content (AvgIpc) is 3.74. The minimum atomic E-state index is 0.719. The van der Waals surface area contributed by atoms with Crippen molar-refractivity contribution >= 4 is 59.1 Å². The van der Waals surface area contributed by atoms with Gasteiger partial charge in [0.05, 0.1) is 32.6 Å². The molecule has 0 radical (unpaired) electrons. The number of fused-ring (bicyclic) bond motifs is 10. The van der Waals surface area contributed by atoms with Crippen LogP contribution < -0.4 is 0 Å². The van der Waals surface area contributed by atoms with Crippen LogP contribution in [0.3, 0.4) is 0 Å². The number of rotatable bonds is 4. The highest BCUT2D eigenvalue weighted by atomic mass is 32.1. The molecule has 0 saturated carbocycles. The summed E-state index contributed by atoms with van der Waals surface area (Å²) in [5.41, 5.74) is 12.9. The number of hydrogen-bond acceptors (Lipinski definition) is 4. The van der Waals surface area contributed by atoms with Crippen molar-refractivity contribution in [3.05, 3.63) is 157 Å². The Morgan fingerprint density at radius 2 is 1.14 bits per heavy atom. The van der Waals surface area contributed by atoms with E-state index in [4.69, 9.17) is 15.0 Å². The molecule has 6 aromatic carbocycles. The van der Waals surface area contributed by atoms with Crippen LogP contribution >= 0.6 is 11.3 Å². The van der Waals surface area contributed by atoms with Crippen molar-refractivity contribution in [2.45, 2.75) is 6.92 Å². The van der Waals surface area contributed by atoms with Gasteiger partial charge in [0.2, 0.25) is 0 Å². The quantitative estimate of drug-likeness (QED) is 0.191. The summed E-state index contributed by atoms with van der Waals surface area (Å²) in [5.74, 6) is 0.719. The fraction of sp³-hybridized carbons (Fsp3) is 0.0227. The van der Waals surface area contributed by atoms with Gasteiger partial charge in [-0.05, 0) is 54.4 Å². The Labute approximate surface area is 286 Å². The lowest BCUT2D eigenvalue weighted by atomic mass is 10.00. The van der Waals surface area contributed by atoms with Crippen molar-refractivity contribution in [1.82, 2.24) is 19.4 Å². The fourth-order valence-electron chi connectivity index (χ4n) is 7.04. The zero-order chi connectivity index (χ0) is 32.5. The van der Waals surface area contributed by atoms with E-state index in [9.17, 15) is 0 Å². The number of imidazole rings is 1. The molecule has 4 heterocycles. The van der Waals surface area contributed by atoms with Gasteiger partial charge in [0.25, 0.3) is 0 Å². The zero-order valence-electron chi connectivity index (χ0n) is 26.6. The first-order valence-corrected chi connectivity index (χ1v) is 17.3. The van der Waals surface area contributed by atoms with E-state index in [0.717, 1.165) is 56.1 Å². The SMILES string of the molecule is Cc1ccc2c(c1)c1sc3ccc(-c4ccc(-c5cc(-c6ccccc6)nc(-c6ccccc6)n5)cc4)cc3c1n1c3ccccc3nc21. The maximum absolute atomic E-state index is 5.14. The molecule has 4 aromatic heterocycles. The van der Waals surface area contributed by atoms with Gasteiger partial charge in [-0.1, -0.05) is 121 Å². The number of aryl methyl sites for hydroxylation is 1. The summed E-state index contributed by atoms with van der Waals surface area (Å²) < 4.78 is 4.94. The molecule has 0 N–H and O–H groups in total. The molecular weight excluding hydrogens is 617 g/mol. The van der Waals surface area contributed by atoms with Gasteiger partial charge in [-0.2, -0.15) is 0 Å². The third-order valence-corrected chi connectivity index (χ3v) is 10.6. The van der Waals surface area contributed by atoms with Crippen LogP contribution in [-0.4, -0.2) is 19.4 Å². The van der Waals surface area contributed by atoms with Gasteiger partial charge in [0.1, 0.15) is 5.65 Å². The van der Waals surface area contributed by atoms with E-state index in [2.05, 4.69) is 127 Å². The molecule has 0 unspecified atom stereocenters. The van der Waals surface area contributed by atoms with Crippen molar-refractivity contribution < 1.29 is 0 Å². The van der Waals surface area contributed by atoms with Crippen LogP contribution in [0.4, 0.5) is 0 Å². The van der Waals surface area contributed by atoms with Crippen LogP contribution in [0.25, 0.3) is 92.8 Å². The molecule has 10 aromatic rings. The molecule has 4 nitrogen and oxygen atoms in total. The summed E-state index contributed by atoms with van der Waals surface area (Å²) in [6.07, 6.45) is 0. The molecular formula is C44H28N4S. The van der Waals surface area contributed by atoms with Gasteiger partial charge >= 0.3 is 0 Å². The Balaban J connectivity index is 1.13. The zero-order valence-corrected chi connectivity index (χ0v) is 27.4. The minimum absolute atomic E-state index is 0.719. The Morgan fingerprint density at radius 1 is 0.490 bits per heavy atom. The van der Waals surface area contributed by atoms with Crippen LogP contribution in [0.2, 0.25) is 0 Å². The number of benzene rings is 6. The summed E-state index contributed by atoms with van der Waals surface area (Å²) in [5, 5.41) is 3.70. The standard InChI is InChI=1S/C44H28N4S/c1-27-16-22-33-34(24-27)42-41(48-39-15-9-8-14-36(39)47-44(33)48)35-25-32(21-23-40(35)49-42)28-17-19-30(20-18-28)38-26-37(29-10-4-2-5-11-29)45-43(46-38)31-12-6-3-7-13-31/h2-26H,1H3. The Hall–Kier alpha value is -6.17. The summed E-state index contributed by atoms with van der Waals surface area (Å²) in [6.45, 7) is 2.17. The van der Waals surface area contributed by atoms with Gasteiger partial charge in [-0.25, -0.2) is 15.0 Å². The third-order valence-electron chi connectivity index (χ3n) is 9.45. The second-order valence-electron chi connectivity index (χ2n) is 12.6. The summed E-state index contributed by atoms with van der Waals surface area (Å²) >= 11 is 1.87. The molecule has 0 aliphatic rings. The molecule has 49 heavy (non-hydrogen) atoms. The number of para-hydroxylation sites is 2. The topological polar surface area (TPSA) is 43.1 Å². The Bertz CT molecular complexity index is 2810. The summed E-state index contributed by atoms with van der Waals surface area (Å²) in [7, 11) is 0. The van der Waals surface area contributed by atoms with E-state index in [1.54, 1.807) is 0 Å². The van der Waals surface area contributed by atoms with Crippen molar-refractivity contribution in [2.75, 3.05) is 0 Å². The molecule has 10 rings (SSSR count). The van der Waals surface area contributed by atoms with Crippen LogP contribution in [0, 0.1) is 6.92 Å². The summed E-state index contributed by atoms with van der Waals surface area (Å²) in [4.78, 5) is 15.1. The first-order valence-electron chi connectivity index (χ1n) is 16.4. The molecule has 0 amide bonds. The highest BCUT2D eigenvalue weighted by molar-refractivity contribution is 7.26. The Morgan fingerprint density at radius 3 is 1.92 bits per heavy atom. The van der Waals surface area contributed by atoms with Crippen molar-refractivity contribution in [3.63, 3.8) is 0 Å². The van der Waals surface area contributed by atoms with Crippen molar-refractivity contribution in [1.29, 1.82) is 0 Å². The molecule has 0 aliphatic heterocycles. The molecule has 0 fully saturated rings. The van der Waals surface area contributed by atoms with Gasteiger partial charge in [0, 0.05) is 37.5 Å². The Kier molecular flexibility index (Phi) is 6.23. The van der Waals surface area contributed by atoms with E-state index in [-0.39, 0.29) is 0 Å². The molecule has 0 bridgehead atoms. The van der Waals surface area contributed by atoms with Gasteiger partial charge in [-0.3, -0.25) is 4.40 Å². The lowest BCUT2D eigenvalue weighted by Crippen LogP contribution is -1.95. The van der Waals surface area contributed by atoms with Crippen LogP contribution in [-0.2, 0) is 0 Å². The smallest absolute Gasteiger partial charge is 0.160 e. The maximum Gasteiger partial charge on any atom is 0.160 e. The molecule has 230 valence electrons. The average molecular weight is 645 g/mol. The second kappa shape index (κ2) is 10.9. The molecule has 0 atom stereocenters. The van der Waals surface area contributed by atoms with Crippen LogP contribution in [0.1, 0.15) is 5.56 Å². The maximum atomic E-state index is 5.14. The lowest BCUT2D eigenvalue weighted by molar-refractivity contribution is 1.18. The summed E-state index contributed by atoms with van der Waals surface area (Å²) in [6, 6.07) is 53.4. The van der Waals surface area contributed by atoms with E-state index in [1.807, 2.05) is 47.7 Å². The van der Waals surface area contributed by atoms with Gasteiger partial charge in [0.15, 0.2) is 5.82 Å². The van der Waals surface area contributed by atoms with E-state index in [0.29, 0.717) is 0 Å². The second-order valence-corrected chi connectivity index (χ2v) is 13.6. The first kappa shape index (κ1) is 27.9. The van der Waals surface area contributed by atoms with Crippen LogP contribution in [0.15, 0.2) is 152 Å². The minimum Gasteiger partial charge on any atom is -0.290 e. The molecule has 0 aliphatic carbocycles. The number of hydrogen-bond donors (Lipinski definition) is 0. The number of pyridine rings is 1. The molecule has 0 spiro atoms. The monoisotopic (exact) mass is 644 g/mol. The largest absolute Gasteiger partial charge is 0.290 e. The normalized spacial score (nSPS) is 11.8. The number of nitrogens with zero attached hydrogens (tertiary/aromatic N) is 4. The molecule has 5 heteroatoms. The van der Waals surface area contributed by atoms with Crippen LogP contribution in [0.5, 0.6) is 0 Å². The number of aromatic nitrogens is 4. The molecule has 0 saturated heterocycles. The van der Waals surface area contributed by atoms with Gasteiger partial charge < -0.3 is 0 Å². The van der Waals surface area contributed by atoms with Crippen molar-refractivity contribution in [2.24, 2.45) is 0 Å². The van der Waals surface area contributed by atoms with E-state index >= 15 is 0 Å². The van der Waals surface area contributed by atoms with Gasteiger partial charge in [-0.15, -0.1) is 11.3 Å². The van der Waals surface area contributed by atoms with Crippen molar-refractivity contribution in [3.8, 4) is 45.0 Å². The number of thiophene rings is 1. The third kappa shape index (κ3) is 4.55. The first-order chi connectivity index (χ1) is 24.2. The predicted octanol–water partition coefficient (Wildman–Crippen LogP) is 11.8. The fourth-order valence-corrected chi connectivity index (χ4v) is 8.24.